The van der Waals surface area contributed by atoms with Crippen LogP contribution in [0.2, 0.25) is 0 Å². The van der Waals surface area contributed by atoms with Crippen molar-refractivity contribution in [2.24, 2.45) is 5.92 Å². The molecule has 2 aliphatic rings. The number of carbonyl (C=O) groups excluding carboxylic acids is 2. The predicted molar refractivity (Wildman–Crippen MR) is 93.8 cm³/mol. The van der Waals surface area contributed by atoms with Gasteiger partial charge in [-0.05, 0) is 66.5 Å². The maximum Gasteiger partial charge on any atom is 0.410 e. The number of hydrogen-bond acceptors (Lipinski definition) is 4. The number of hydrogen-bond donors (Lipinski definition) is 1. The van der Waals surface area contributed by atoms with E-state index in [2.05, 4.69) is 17.1 Å². The molecule has 2 rings (SSSR count). The van der Waals surface area contributed by atoms with Gasteiger partial charge in [-0.25, -0.2) is 4.79 Å². The van der Waals surface area contributed by atoms with Crippen molar-refractivity contribution < 1.29 is 14.3 Å². The molecule has 2 saturated heterocycles. The smallest absolute Gasteiger partial charge is 0.410 e. The lowest BCUT2D eigenvalue weighted by Gasteiger charge is -2.33. The molecule has 6 nitrogen and oxygen atoms in total. The molecule has 2 heterocycles. The third kappa shape index (κ3) is 5.65. The van der Waals surface area contributed by atoms with E-state index in [-0.39, 0.29) is 17.9 Å². The van der Waals surface area contributed by atoms with Crippen LogP contribution in [0.5, 0.6) is 0 Å². The Balaban J connectivity index is 1.69. The van der Waals surface area contributed by atoms with Gasteiger partial charge < -0.3 is 15.0 Å². The normalized spacial score (nSPS) is 21.6. The van der Waals surface area contributed by atoms with Crippen molar-refractivity contribution in [2.75, 3.05) is 32.7 Å². The number of piperidine rings is 1. The third-order valence-corrected chi connectivity index (χ3v) is 4.85. The van der Waals surface area contributed by atoms with Gasteiger partial charge in [-0.1, -0.05) is 0 Å². The highest BCUT2D eigenvalue weighted by atomic mass is 16.6. The molecule has 2 aliphatic heterocycles. The van der Waals surface area contributed by atoms with Crippen LogP contribution in [-0.2, 0) is 9.53 Å². The Hall–Kier alpha value is -1.30. The minimum atomic E-state index is -0.475. The van der Waals surface area contributed by atoms with E-state index in [9.17, 15) is 9.59 Å². The molecular formula is C18H33N3O3. The van der Waals surface area contributed by atoms with E-state index in [4.69, 9.17) is 4.74 Å². The lowest BCUT2D eigenvalue weighted by molar-refractivity contribution is -0.126. The first-order valence-electron chi connectivity index (χ1n) is 9.26. The summed E-state index contributed by atoms with van der Waals surface area (Å²) in [6.45, 7) is 12.0. The van der Waals surface area contributed by atoms with Crippen LogP contribution in [0.15, 0.2) is 0 Å². The van der Waals surface area contributed by atoms with Gasteiger partial charge in [0.2, 0.25) is 5.91 Å². The average Bonchev–Trinajstić information content (AvgIpc) is 3.05. The summed E-state index contributed by atoms with van der Waals surface area (Å²) in [7, 11) is 0. The molecule has 1 atom stereocenters. The Bertz CT molecular complexity index is 433. The lowest BCUT2D eigenvalue weighted by atomic mass is 9.96. The second kappa shape index (κ2) is 8.19. The molecule has 0 aromatic heterocycles. The van der Waals surface area contributed by atoms with Crippen LogP contribution in [0.4, 0.5) is 4.79 Å². The van der Waals surface area contributed by atoms with Crippen LogP contribution < -0.4 is 5.32 Å². The Kier molecular flexibility index (Phi) is 6.49. The van der Waals surface area contributed by atoms with E-state index in [0.29, 0.717) is 38.5 Å². The molecular weight excluding hydrogens is 306 g/mol. The molecule has 0 bridgehead atoms. The zero-order valence-corrected chi connectivity index (χ0v) is 15.6. The van der Waals surface area contributed by atoms with Crippen molar-refractivity contribution in [2.45, 2.75) is 65.0 Å². The summed E-state index contributed by atoms with van der Waals surface area (Å²) in [6, 6.07) is 0.401. The van der Waals surface area contributed by atoms with Crippen molar-refractivity contribution in [3.05, 3.63) is 0 Å². The van der Waals surface area contributed by atoms with Crippen LogP contribution in [0, 0.1) is 5.92 Å². The summed E-state index contributed by atoms with van der Waals surface area (Å²) in [6.07, 6.45) is 3.68. The van der Waals surface area contributed by atoms with Crippen LogP contribution in [-0.4, -0.2) is 66.2 Å². The summed E-state index contributed by atoms with van der Waals surface area (Å²) in [5.74, 6) is 0.138. The fourth-order valence-corrected chi connectivity index (χ4v) is 3.35. The van der Waals surface area contributed by atoms with Gasteiger partial charge in [0.1, 0.15) is 5.60 Å². The van der Waals surface area contributed by atoms with Crippen molar-refractivity contribution in [1.82, 2.24) is 15.1 Å². The topological polar surface area (TPSA) is 61.9 Å². The number of nitrogens with one attached hydrogen (secondary N) is 1. The number of ether oxygens (including phenoxy) is 1. The molecule has 138 valence electrons. The highest BCUT2D eigenvalue weighted by Gasteiger charge is 2.30. The molecule has 0 aromatic carbocycles. The van der Waals surface area contributed by atoms with E-state index in [1.807, 2.05) is 20.8 Å². The van der Waals surface area contributed by atoms with Crippen molar-refractivity contribution >= 4 is 12.0 Å². The van der Waals surface area contributed by atoms with E-state index in [0.717, 1.165) is 13.1 Å². The molecule has 2 amide bonds. The maximum atomic E-state index is 12.4. The van der Waals surface area contributed by atoms with Gasteiger partial charge >= 0.3 is 6.09 Å². The number of rotatable bonds is 4. The van der Waals surface area contributed by atoms with Gasteiger partial charge in [0.15, 0.2) is 0 Å². The zero-order valence-electron chi connectivity index (χ0n) is 15.6. The van der Waals surface area contributed by atoms with Gasteiger partial charge in [-0.15, -0.1) is 0 Å². The summed E-state index contributed by atoms with van der Waals surface area (Å²) in [5, 5.41) is 3.10. The number of nitrogens with zero attached hydrogens (tertiary/aromatic N) is 2. The molecule has 0 aromatic rings. The summed E-state index contributed by atoms with van der Waals surface area (Å²) < 4.78 is 5.39. The SMILES string of the molecule is CC(CNC(=O)C1CCN(C(=O)OC(C)(C)C)CC1)N1CCCC1. The van der Waals surface area contributed by atoms with Crippen LogP contribution in [0.3, 0.4) is 0 Å². The largest absolute Gasteiger partial charge is 0.444 e. The first-order valence-corrected chi connectivity index (χ1v) is 9.26. The first kappa shape index (κ1) is 19.0. The minimum Gasteiger partial charge on any atom is -0.444 e. The van der Waals surface area contributed by atoms with Crippen molar-refractivity contribution in [3.63, 3.8) is 0 Å². The summed E-state index contributed by atoms with van der Waals surface area (Å²) >= 11 is 0. The van der Waals surface area contributed by atoms with Gasteiger partial charge in [0, 0.05) is 31.6 Å². The predicted octanol–water partition coefficient (Wildman–Crippen LogP) is 2.23. The van der Waals surface area contributed by atoms with Gasteiger partial charge in [-0.3, -0.25) is 9.69 Å². The molecule has 6 heteroatoms. The fraction of sp³-hybridized carbons (Fsp3) is 0.889. The second-order valence-corrected chi connectivity index (χ2v) is 8.08. The molecule has 0 aliphatic carbocycles. The molecule has 0 radical (unpaired) electrons. The Morgan fingerprint density at radius 2 is 1.71 bits per heavy atom. The molecule has 1 N–H and O–H groups in total. The average molecular weight is 339 g/mol. The summed E-state index contributed by atoms with van der Waals surface area (Å²) in [4.78, 5) is 28.6. The molecule has 0 saturated carbocycles. The van der Waals surface area contributed by atoms with Crippen molar-refractivity contribution in [1.29, 1.82) is 0 Å². The Morgan fingerprint density at radius 3 is 2.25 bits per heavy atom. The van der Waals surface area contributed by atoms with E-state index >= 15 is 0 Å². The van der Waals surface area contributed by atoms with Gasteiger partial charge in [0.25, 0.3) is 0 Å². The molecule has 0 spiro atoms. The Morgan fingerprint density at radius 1 is 1.12 bits per heavy atom. The van der Waals surface area contributed by atoms with E-state index < -0.39 is 5.60 Å². The number of likely N-dealkylation sites (tertiary alicyclic amines) is 2. The highest BCUT2D eigenvalue weighted by molar-refractivity contribution is 5.79. The lowest BCUT2D eigenvalue weighted by Crippen LogP contribution is -2.47. The monoisotopic (exact) mass is 339 g/mol. The number of amides is 2. The fourth-order valence-electron chi connectivity index (χ4n) is 3.35. The standard InChI is InChI=1S/C18H33N3O3/c1-14(20-9-5-6-10-20)13-19-16(22)15-7-11-21(12-8-15)17(23)24-18(2,3)4/h14-15H,5-13H2,1-4H3,(H,19,22). The zero-order chi connectivity index (χ0) is 17.7. The Labute approximate surface area is 145 Å². The molecule has 2 fully saturated rings. The first-order chi connectivity index (χ1) is 11.3. The van der Waals surface area contributed by atoms with Gasteiger partial charge in [-0.2, -0.15) is 0 Å². The molecule has 1 unspecified atom stereocenters. The summed E-state index contributed by atoms with van der Waals surface area (Å²) in [5.41, 5.74) is -0.475. The van der Waals surface area contributed by atoms with Crippen LogP contribution >= 0.6 is 0 Å². The second-order valence-electron chi connectivity index (χ2n) is 8.08. The van der Waals surface area contributed by atoms with Crippen LogP contribution in [0.1, 0.15) is 53.4 Å². The van der Waals surface area contributed by atoms with E-state index in [1.165, 1.54) is 12.8 Å². The maximum absolute atomic E-state index is 12.4. The van der Waals surface area contributed by atoms with E-state index in [1.54, 1.807) is 4.90 Å². The van der Waals surface area contributed by atoms with Gasteiger partial charge in [0.05, 0.1) is 0 Å². The number of carbonyl (C=O) groups is 2. The molecule has 24 heavy (non-hydrogen) atoms. The highest BCUT2D eigenvalue weighted by Crippen LogP contribution is 2.20. The van der Waals surface area contributed by atoms with Crippen LogP contribution in [0.25, 0.3) is 0 Å². The minimum absolute atomic E-state index is 0.00876. The third-order valence-electron chi connectivity index (χ3n) is 4.85. The van der Waals surface area contributed by atoms with Crippen molar-refractivity contribution in [3.8, 4) is 0 Å². The quantitative estimate of drug-likeness (QED) is 0.853.